The molecule has 1 aromatic heterocycles. The van der Waals surface area contributed by atoms with Gasteiger partial charge in [0.25, 0.3) is 0 Å². The van der Waals surface area contributed by atoms with Gasteiger partial charge in [0.05, 0.1) is 25.9 Å². The number of ether oxygens (including phenoxy) is 1. The first kappa shape index (κ1) is 19.7. The van der Waals surface area contributed by atoms with Gasteiger partial charge in [-0.2, -0.15) is 0 Å². The number of aryl methyl sites for hydroxylation is 1. The van der Waals surface area contributed by atoms with Crippen molar-refractivity contribution in [2.45, 2.75) is 32.9 Å². The summed E-state index contributed by atoms with van der Waals surface area (Å²) in [7, 11) is 0. The molecule has 0 atom stereocenters. The van der Waals surface area contributed by atoms with Gasteiger partial charge in [0.2, 0.25) is 5.91 Å². The zero-order valence-corrected chi connectivity index (χ0v) is 17.0. The lowest BCUT2D eigenvalue weighted by molar-refractivity contribution is -0.921. The number of hydrogen-bond acceptors (Lipinski definition) is 3. The van der Waals surface area contributed by atoms with Crippen LogP contribution in [0, 0.1) is 0 Å². The molecule has 5 heteroatoms. The van der Waals surface area contributed by atoms with Gasteiger partial charge in [0, 0.05) is 23.1 Å². The molecular formula is C24H29N2O3+. The maximum atomic E-state index is 12.6. The van der Waals surface area contributed by atoms with E-state index in [-0.39, 0.29) is 5.91 Å². The quantitative estimate of drug-likeness (QED) is 0.648. The van der Waals surface area contributed by atoms with Gasteiger partial charge in [0.15, 0.2) is 0 Å². The smallest absolute Gasteiger partial charge is 0.224 e. The van der Waals surface area contributed by atoms with Gasteiger partial charge < -0.3 is 19.4 Å². The molecule has 29 heavy (non-hydrogen) atoms. The summed E-state index contributed by atoms with van der Waals surface area (Å²) >= 11 is 0. The summed E-state index contributed by atoms with van der Waals surface area (Å²) < 4.78 is 11.1. The Morgan fingerprint density at radius 3 is 2.66 bits per heavy atom. The van der Waals surface area contributed by atoms with Crippen LogP contribution < -0.4 is 10.2 Å². The van der Waals surface area contributed by atoms with E-state index >= 15 is 0 Å². The fourth-order valence-corrected chi connectivity index (χ4v) is 3.92. The van der Waals surface area contributed by atoms with Crippen LogP contribution in [-0.4, -0.2) is 32.2 Å². The number of carbonyl (C=O) groups excluding carboxylic acids is 1. The molecule has 0 saturated carbocycles. The molecule has 152 valence electrons. The second-order valence-corrected chi connectivity index (χ2v) is 7.71. The summed E-state index contributed by atoms with van der Waals surface area (Å²) in [6.07, 6.45) is 3.01. The minimum atomic E-state index is 0.0146. The van der Waals surface area contributed by atoms with Crippen molar-refractivity contribution in [3.8, 4) is 0 Å². The molecule has 1 saturated heterocycles. The normalized spacial score (nSPS) is 14.9. The van der Waals surface area contributed by atoms with Crippen molar-refractivity contribution in [3.63, 3.8) is 0 Å². The van der Waals surface area contributed by atoms with E-state index in [1.165, 1.54) is 21.6 Å². The molecule has 0 radical (unpaired) electrons. The van der Waals surface area contributed by atoms with Crippen molar-refractivity contribution < 1.29 is 18.8 Å². The summed E-state index contributed by atoms with van der Waals surface area (Å²) in [5.74, 6) is 0.0146. The molecule has 1 fully saturated rings. The third kappa shape index (κ3) is 4.86. The van der Waals surface area contributed by atoms with Crippen LogP contribution in [0.1, 0.15) is 29.2 Å². The first-order valence-corrected chi connectivity index (χ1v) is 10.5. The van der Waals surface area contributed by atoms with E-state index in [2.05, 4.69) is 48.6 Å². The maximum absolute atomic E-state index is 12.6. The Morgan fingerprint density at radius 1 is 1.07 bits per heavy atom. The van der Waals surface area contributed by atoms with E-state index in [4.69, 9.17) is 9.15 Å². The second kappa shape index (κ2) is 9.25. The Kier molecular flexibility index (Phi) is 6.27. The fraction of sp³-hybridized carbons (Fsp3) is 0.375. The average Bonchev–Trinajstić information content (AvgIpc) is 3.15. The lowest BCUT2D eigenvalue weighted by atomic mass is 10.1. The van der Waals surface area contributed by atoms with Gasteiger partial charge >= 0.3 is 0 Å². The second-order valence-electron chi connectivity index (χ2n) is 7.71. The number of nitrogens with one attached hydrogen (secondary N) is 2. The Morgan fingerprint density at radius 2 is 1.86 bits per heavy atom. The van der Waals surface area contributed by atoms with Gasteiger partial charge in [-0.1, -0.05) is 43.3 Å². The fourth-order valence-electron chi connectivity index (χ4n) is 3.92. The van der Waals surface area contributed by atoms with Crippen LogP contribution in [0.25, 0.3) is 11.0 Å². The number of benzene rings is 2. The predicted octanol–water partition coefficient (Wildman–Crippen LogP) is 2.27. The summed E-state index contributed by atoms with van der Waals surface area (Å²) in [6, 6.07) is 14.6. The molecule has 1 aliphatic heterocycles. The summed E-state index contributed by atoms with van der Waals surface area (Å²) in [6.45, 7) is 7.37. The number of hydrogen-bond donors (Lipinski definition) is 2. The van der Waals surface area contributed by atoms with Crippen molar-refractivity contribution in [1.82, 2.24) is 5.32 Å². The molecule has 4 rings (SSSR count). The molecule has 1 amide bonds. The molecule has 0 bridgehead atoms. The summed E-state index contributed by atoms with van der Waals surface area (Å²) in [5.41, 5.74) is 5.51. The first-order valence-electron chi connectivity index (χ1n) is 10.5. The highest BCUT2D eigenvalue weighted by Crippen LogP contribution is 2.23. The number of quaternary nitrogens is 1. The Hall–Kier alpha value is -2.63. The summed E-state index contributed by atoms with van der Waals surface area (Å²) in [4.78, 5) is 14.1. The van der Waals surface area contributed by atoms with E-state index in [1.54, 1.807) is 6.26 Å². The van der Waals surface area contributed by atoms with E-state index in [0.29, 0.717) is 13.0 Å². The molecule has 5 nitrogen and oxygen atoms in total. The number of fused-ring (bicyclic) bond motifs is 1. The van der Waals surface area contributed by atoms with Crippen LogP contribution in [-0.2, 0) is 35.5 Å². The van der Waals surface area contributed by atoms with Crippen LogP contribution in [0.3, 0.4) is 0 Å². The van der Waals surface area contributed by atoms with Crippen LogP contribution >= 0.6 is 0 Å². The van der Waals surface area contributed by atoms with Crippen LogP contribution in [0.5, 0.6) is 0 Å². The van der Waals surface area contributed by atoms with Gasteiger partial charge in [0.1, 0.15) is 25.2 Å². The Balaban J connectivity index is 1.37. The minimum absolute atomic E-state index is 0.0146. The molecule has 3 aromatic rings. The number of morpholine rings is 1. The van der Waals surface area contributed by atoms with Crippen LogP contribution in [0.4, 0.5) is 0 Å². The van der Waals surface area contributed by atoms with Crippen molar-refractivity contribution in [1.29, 1.82) is 0 Å². The largest absolute Gasteiger partial charge is 0.464 e. The first-order chi connectivity index (χ1) is 14.2. The number of rotatable bonds is 7. The molecule has 2 aromatic carbocycles. The van der Waals surface area contributed by atoms with Gasteiger partial charge in [-0.3, -0.25) is 4.79 Å². The zero-order chi connectivity index (χ0) is 20.1. The molecule has 0 spiro atoms. The highest BCUT2D eigenvalue weighted by Gasteiger charge is 2.16. The minimum Gasteiger partial charge on any atom is -0.464 e. The third-order valence-corrected chi connectivity index (χ3v) is 5.71. The molecule has 0 unspecified atom stereocenters. The SMILES string of the molecule is CCc1ccc2c(CC(=O)NCc3ccccc3C[NH+]3CCOCC3)coc2c1. The Labute approximate surface area is 171 Å². The van der Waals surface area contributed by atoms with Gasteiger partial charge in [-0.05, 0) is 23.6 Å². The molecule has 2 heterocycles. The lowest BCUT2D eigenvalue weighted by Crippen LogP contribution is -3.12. The third-order valence-electron chi connectivity index (χ3n) is 5.71. The molecule has 2 N–H and O–H groups in total. The van der Waals surface area contributed by atoms with E-state index in [9.17, 15) is 4.79 Å². The number of furan rings is 1. The lowest BCUT2D eigenvalue weighted by Gasteiger charge is -2.24. The van der Waals surface area contributed by atoms with Crippen molar-refractivity contribution in [2.24, 2.45) is 0 Å². The van der Waals surface area contributed by atoms with Crippen molar-refractivity contribution in [2.75, 3.05) is 26.3 Å². The number of carbonyl (C=O) groups is 1. The van der Waals surface area contributed by atoms with Crippen LogP contribution in [0.15, 0.2) is 53.1 Å². The van der Waals surface area contributed by atoms with E-state index < -0.39 is 0 Å². The number of amides is 1. The van der Waals surface area contributed by atoms with E-state index in [1.807, 2.05) is 6.07 Å². The zero-order valence-electron chi connectivity index (χ0n) is 17.0. The van der Waals surface area contributed by atoms with E-state index in [0.717, 1.165) is 55.8 Å². The van der Waals surface area contributed by atoms with Crippen molar-refractivity contribution >= 4 is 16.9 Å². The average molecular weight is 394 g/mol. The monoisotopic (exact) mass is 393 g/mol. The molecule has 0 aliphatic carbocycles. The predicted molar refractivity (Wildman–Crippen MR) is 113 cm³/mol. The van der Waals surface area contributed by atoms with Crippen LogP contribution in [0.2, 0.25) is 0 Å². The standard InChI is InChI=1S/C24H28N2O3/c1-2-18-7-8-22-21(17-29-23(22)13-18)14-24(27)25-15-19-5-3-4-6-20(19)16-26-9-11-28-12-10-26/h3-8,13,17H,2,9-12,14-16H2,1H3,(H,25,27)/p+1. The summed E-state index contributed by atoms with van der Waals surface area (Å²) in [5, 5.41) is 4.11. The highest BCUT2D eigenvalue weighted by molar-refractivity contribution is 5.87. The Bertz CT molecular complexity index is 973. The van der Waals surface area contributed by atoms with Gasteiger partial charge in [-0.25, -0.2) is 0 Å². The van der Waals surface area contributed by atoms with Crippen molar-refractivity contribution in [3.05, 3.63) is 71.0 Å². The molecule has 1 aliphatic rings. The topological polar surface area (TPSA) is 55.9 Å². The molecular weight excluding hydrogens is 364 g/mol. The highest BCUT2D eigenvalue weighted by atomic mass is 16.5. The van der Waals surface area contributed by atoms with Gasteiger partial charge in [-0.15, -0.1) is 0 Å². The maximum Gasteiger partial charge on any atom is 0.224 e.